The van der Waals surface area contributed by atoms with E-state index in [2.05, 4.69) is 15.2 Å². The van der Waals surface area contributed by atoms with Crippen LogP contribution in [0.4, 0.5) is 13.2 Å². The number of nitrogens with one attached hydrogen (secondary N) is 1. The van der Waals surface area contributed by atoms with Gasteiger partial charge in [0.05, 0.1) is 17.1 Å². The summed E-state index contributed by atoms with van der Waals surface area (Å²) >= 11 is 0. The molecule has 0 aliphatic carbocycles. The van der Waals surface area contributed by atoms with Crippen molar-refractivity contribution in [2.75, 3.05) is 26.2 Å². The highest BCUT2D eigenvalue weighted by atomic mass is 19.4. The molecule has 0 saturated carbocycles. The summed E-state index contributed by atoms with van der Waals surface area (Å²) in [5.41, 5.74) is 1.88. The van der Waals surface area contributed by atoms with Crippen LogP contribution >= 0.6 is 0 Å². The van der Waals surface area contributed by atoms with Gasteiger partial charge in [-0.25, -0.2) is 0 Å². The number of alkyl halides is 3. The molecule has 0 bridgehead atoms. The lowest BCUT2D eigenvalue weighted by Gasteiger charge is -2.36. The molecule has 2 aromatic carbocycles. The zero-order valence-electron chi connectivity index (χ0n) is 14.7. The SMILES string of the molecule is FC(F)(F)c1cccc(C(c2ccnc3ccccc23)N2CCNCC2)c1. The Balaban J connectivity index is 1.87. The van der Waals surface area contributed by atoms with Crippen LogP contribution < -0.4 is 5.32 Å². The van der Waals surface area contributed by atoms with Gasteiger partial charge in [0.15, 0.2) is 0 Å². The maximum Gasteiger partial charge on any atom is 0.416 e. The summed E-state index contributed by atoms with van der Waals surface area (Å²) in [6.45, 7) is 3.19. The van der Waals surface area contributed by atoms with Gasteiger partial charge in [-0.2, -0.15) is 13.2 Å². The minimum absolute atomic E-state index is 0.248. The minimum Gasteiger partial charge on any atom is -0.314 e. The molecule has 1 aromatic heterocycles. The third kappa shape index (κ3) is 3.68. The quantitative estimate of drug-likeness (QED) is 0.746. The van der Waals surface area contributed by atoms with E-state index in [1.54, 1.807) is 12.3 Å². The summed E-state index contributed by atoms with van der Waals surface area (Å²) in [4.78, 5) is 6.65. The van der Waals surface area contributed by atoms with Crippen molar-refractivity contribution in [1.82, 2.24) is 15.2 Å². The summed E-state index contributed by atoms with van der Waals surface area (Å²) in [5.74, 6) is 0. The fourth-order valence-corrected chi connectivity index (χ4v) is 3.77. The molecule has 1 unspecified atom stereocenters. The number of pyridine rings is 1. The first-order valence-electron chi connectivity index (χ1n) is 8.99. The lowest BCUT2D eigenvalue weighted by molar-refractivity contribution is -0.137. The molecular formula is C21H20F3N3. The second-order valence-electron chi connectivity index (χ2n) is 6.73. The Bertz CT molecular complexity index is 928. The van der Waals surface area contributed by atoms with E-state index in [-0.39, 0.29) is 6.04 Å². The van der Waals surface area contributed by atoms with Crippen LogP contribution in [0.15, 0.2) is 60.8 Å². The van der Waals surface area contributed by atoms with Crippen LogP contribution in [-0.4, -0.2) is 36.1 Å². The second kappa shape index (κ2) is 7.29. The number of aromatic nitrogens is 1. The van der Waals surface area contributed by atoms with E-state index in [0.717, 1.165) is 48.7 Å². The smallest absolute Gasteiger partial charge is 0.314 e. The van der Waals surface area contributed by atoms with E-state index in [4.69, 9.17) is 0 Å². The van der Waals surface area contributed by atoms with E-state index in [1.165, 1.54) is 12.1 Å². The molecule has 3 aromatic rings. The van der Waals surface area contributed by atoms with Crippen LogP contribution in [0.3, 0.4) is 0 Å². The number of benzene rings is 2. The van der Waals surface area contributed by atoms with E-state index in [0.29, 0.717) is 5.56 Å². The number of hydrogen-bond donors (Lipinski definition) is 1. The predicted octanol–water partition coefficient (Wildman–Crippen LogP) is 4.25. The zero-order chi connectivity index (χ0) is 18.9. The van der Waals surface area contributed by atoms with Crippen LogP contribution in [0.5, 0.6) is 0 Å². The molecule has 1 N–H and O–H groups in total. The van der Waals surface area contributed by atoms with Gasteiger partial charge in [-0.1, -0.05) is 30.3 Å². The van der Waals surface area contributed by atoms with Crippen LogP contribution in [0.2, 0.25) is 0 Å². The Morgan fingerprint density at radius 1 is 0.963 bits per heavy atom. The van der Waals surface area contributed by atoms with Crippen molar-refractivity contribution < 1.29 is 13.2 Å². The van der Waals surface area contributed by atoms with Gasteiger partial charge >= 0.3 is 6.18 Å². The monoisotopic (exact) mass is 371 g/mol. The number of hydrogen-bond acceptors (Lipinski definition) is 3. The highest BCUT2D eigenvalue weighted by Gasteiger charge is 2.32. The number of piperazine rings is 1. The summed E-state index contributed by atoms with van der Waals surface area (Å²) < 4.78 is 39.9. The van der Waals surface area contributed by atoms with E-state index < -0.39 is 11.7 Å². The molecular weight excluding hydrogens is 351 g/mol. The molecule has 3 nitrogen and oxygen atoms in total. The molecule has 4 rings (SSSR count). The summed E-state index contributed by atoms with van der Waals surface area (Å²) in [6, 6.07) is 15.1. The van der Waals surface area contributed by atoms with Gasteiger partial charge in [-0.15, -0.1) is 0 Å². The molecule has 27 heavy (non-hydrogen) atoms. The Hall–Kier alpha value is -2.44. The molecule has 0 amide bonds. The van der Waals surface area contributed by atoms with Crippen molar-refractivity contribution in [1.29, 1.82) is 0 Å². The van der Waals surface area contributed by atoms with Gasteiger partial charge < -0.3 is 5.32 Å². The predicted molar refractivity (Wildman–Crippen MR) is 99.5 cm³/mol. The normalized spacial score (nSPS) is 17.1. The van der Waals surface area contributed by atoms with Crippen molar-refractivity contribution >= 4 is 10.9 Å². The molecule has 0 spiro atoms. The largest absolute Gasteiger partial charge is 0.416 e. The number of halogens is 3. The van der Waals surface area contributed by atoms with E-state index >= 15 is 0 Å². The van der Waals surface area contributed by atoms with Crippen LogP contribution in [-0.2, 0) is 6.18 Å². The molecule has 1 aliphatic rings. The van der Waals surface area contributed by atoms with Crippen molar-refractivity contribution in [2.24, 2.45) is 0 Å². The van der Waals surface area contributed by atoms with Crippen molar-refractivity contribution in [3.05, 3.63) is 77.5 Å². The number of rotatable bonds is 3. The Morgan fingerprint density at radius 2 is 1.74 bits per heavy atom. The number of nitrogens with zero attached hydrogens (tertiary/aromatic N) is 2. The van der Waals surface area contributed by atoms with E-state index in [1.807, 2.05) is 30.3 Å². The van der Waals surface area contributed by atoms with Crippen molar-refractivity contribution in [3.8, 4) is 0 Å². The summed E-state index contributed by atoms with van der Waals surface area (Å²) in [7, 11) is 0. The molecule has 1 saturated heterocycles. The lowest BCUT2D eigenvalue weighted by atomic mass is 9.92. The first-order chi connectivity index (χ1) is 13.0. The molecule has 140 valence electrons. The standard InChI is InChI=1S/C21H20F3N3/c22-21(23,24)16-5-3-4-15(14-16)20(27-12-10-25-11-13-27)18-8-9-26-19-7-2-1-6-17(18)19/h1-9,14,20,25H,10-13H2. The maximum absolute atomic E-state index is 13.3. The average molecular weight is 371 g/mol. The lowest BCUT2D eigenvalue weighted by Crippen LogP contribution is -2.45. The van der Waals surface area contributed by atoms with Gasteiger partial charge in [0.1, 0.15) is 0 Å². The van der Waals surface area contributed by atoms with Gasteiger partial charge in [0.2, 0.25) is 0 Å². The van der Waals surface area contributed by atoms with Gasteiger partial charge in [-0.05, 0) is 35.4 Å². The number of para-hydroxylation sites is 1. The van der Waals surface area contributed by atoms with Crippen LogP contribution in [0.1, 0.15) is 22.7 Å². The Kier molecular flexibility index (Phi) is 4.85. The molecule has 0 radical (unpaired) electrons. The minimum atomic E-state index is -4.36. The number of fused-ring (bicyclic) bond motifs is 1. The fourth-order valence-electron chi connectivity index (χ4n) is 3.77. The summed E-state index contributed by atoms with van der Waals surface area (Å²) in [5, 5.41) is 4.28. The van der Waals surface area contributed by atoms with Crippen LogP contribution in [0, 0.1) is 0 Å². The third-order valence-electron chi connectivity index (χ3n) is 5.02. The van der Waals surface area contributed by atoms with Crippen molar-refractivity contribution in [2.45, 2.75) is 12.2 Å². The fraction of sp³-hybridized carbons (Fsp3) is 0.286. The Morgan fingerprint density at radius 3 is 2.52 bits per heavy atom. The average Bonchev–Trinajstić information content (AvgIpc) is 2.69. The third-order valence-corrected chi connectivity index (χ3v) is 5.02. The van der Waals surface area contributed by atoms with Gasteiger partial charge in [0.25, 0.3) is 0 Å². The van der Waals surface area contributed by atoms with E-state index in [9.17, 15) is 13.2 Å². The second-order valence-corrected chi connectivity index (χ2v) is 6.73. The zero-order valence-corrected chi connectivity index (χ0v) is 14.7. The maximum atomic E-state index is 13.3. The molecule has 1 aliphatic heterocycles. The Labute approximate surface area is 155 Å². The molecule has 1 atom stereocenters. The molecule has 1 fully saturated rings. The first-order valence-corrected chi connectivity index (χ1v) is 8.99. The van der Waals surface area contributed by atoms with Crippen LogP contribution in [0.25, 0.3) is 10.9 Å². The highest BCUT2D eigenvalue weighted by Crippen LogP contribution is 2.36. The van der Waals surface area contributed by atoms with Gasteiger partial charge in [0, 0.05) is 37.8 Å². The molecule has 6 heteroatoms. The highest BCUT2D eigenvalue weighted by molar-refractivity contribution is 5.82. The van der Waals surface area contributed by atoms with Crippen molar-refractivity contribution in [3.63, 3.8) is 0 Å². The summed E-state index contributed by atoms with van der Waals surface area (Å²) in [6.07, 6.45) is -2.62. The molecule has 2 heterocycles. The first kappa shape index (κ1) is 17.9. The topological polar surface area (TPSA) is 28.2 Å². The van der Waals surface area contributed by atoms with Gasteiger partial charge in [-0.3, -0.25) is 9.88 Å².